The van der Waals surface area contributed by atoms with Crippen LogP contribution in [0.1, 0.15) is 17.5 Å². The molecule has 0 spiro atoms. The molecule has 0 heterocycles. The van der Waals surface area contributed by atoms with Crippen LogP contribution in [0, 0.1) is 11.6 Å². The molecule has 0 bridgehead atoms. The van der Waals surface area contributed by atoms with E-state index < -0.39 is 17.7 Å². The van der Waals surface area contributed by atoms with Crippen molar-refractivity contribution in [3.05, 3.63) is 34.9 Å². The monoisotopic (exact) mass is 184 g/mol. The van der Waals surface area contributed by atoms with Crippen molar-refractivity contribution in [1.82, 2.24) is 0 Å². The van der Waals surface area contributed by atoms with E-state index in [0.29, 0.717) is 30.4 Å². The zero-order valence-corrected chi connectivity index (χ0v) is 7.06. The molecule has 0 amide bonds. The molecule has 0 saturated heterocycles. The third-order valence-electron chi connectivity index (χ3n) is 2.44. The lowest BCUT2D eigenvalue weighted by molar-refractivity contribution is 0.157. The Bertz CT molecular complexity index is 336. The normalized spacial score (nSPS) is 21.3. The van der Waals surface area contributed by atoms with Crippen LogP contribution in [0.3, 0.4) is 0 Å². The van der Waals surface area contributed by atoms with Gasteiger partial charge in [0.15, 0.2) is 0 Å². The molecule has 0 saturated carbocycles. The molecule has 3 heteroatoms. The minimum absolute atomic E-state index is 0.365. The first-order valence-corrected chi connectivity index (χ1v) is 4.31. The van der Waals surface area contributed by atoms with Crippen molar-refractivity contribution in [3.63, 3.8) is 0 Å². The third kappa shape index (κ3) is 1.56. The zero-order valence-electron chi connectivity index (χ0n) is 7.06. The highest BCUT2D eigenvalue weighted by Crippen LogP contribution is 2.24. The van der Waals surface area contributed by atoms with Gasteiger partial charge in [0, 0.05) is 6.07 Å². The summed E-state index contributed by atoms with van der Waals surface area (Å²) in [5.41, 5.74) is 1.17. The molecule has 0 aliphatic heterocycles. The summed E-state index contributed by atoms with van der Waals surface area (Å²) < 4.78 is 25.9. The van der Waals surface area contributed by atoms with Crippen LogP contribution in [0.4, 0.5) is 8.78 Å². The van der Waals surface area contributed by atoms with Crippen molar-refractivity contribution in [2.24, 2.45) is 0 Å². The summed E-state index contributed by atoms with van der Waals surface area (Å²) in [7, 11) is 0. The van der Waals surface area contributed by atoms with Crippen LogP contribution in [0.2, 0.25) is 0 Å². The first-order valence-electron chi connectivity index (χ1n) is 4.31. The first-order chi connectivity index (χ1) is 6.16. The van der Waals surface area contributed by atoms with Crippen LogP contribution in [-0.2, 0) is 12.8 Å². The minimum Gasteiger partial charge on any atom is -0.393 e. The molecule has 0 aromatic heterocycles. The van der Waals surface area contributed by atoms with Gasteiger partial charge >= 0.3 is 0 Å². The highest BCUT2D eigenvalue weighted by atomic mass is 19.1. The number of benzene rings is 1. The zero-order chi connectivity index (χ0) is 9.42. The van der Waals surface area contributed by atoms with Crippen LogP contribution >= 0.6 is 0 Å². The molecule has 1 aromatic carbocycles. The lowest BCUT2D eigenvalue weighted by Crippen LogP contribution is -2.19. The van der Waals surface area contributed by atoms with E-state index in [4.69, 9.17) is 0 Å². The predicted molar refractivity (Wildman–Crippen MR) is 44.4 cm³/mol. The Morgan fingerprint density at radius 3 is 2.85 bits per heavy atom. The lowest BCUT2D eigenvalue weighted by atomic mass is 9.89. The molecule has 1 nitrogen and oxygen atoms in total. The fourth-order valence-corrected chi connectivity index (χ4v) is 1.79. The number of aliphatic hydroxyl groups excluding tert-OH is 1. The van der Waals surface area contributed by atoms with Gasteiger partial charge in [-0.2, -0.15) is 0 Å². The maximum atomic E-state index is 13.1. The number of hydrogen-bond acceptors (Lipinski definition) is 1. The Kier molecular flexibility index (Phi) is 2.04. The molecule has 1 N–H and O–H groups in total. The molecular formula is C10H10F2O. The first kappa shape index (κ1) is 8.63. The quantitative estimate of drug-likeness (QED) is 0.652. The van der Waals surface area contributed by atoms with Gasteiger partial charge in [-0.1, -0.05) is 0 Å². The van der Waals surface area contributed by atoms with Crippen LogP contribution in [0.15, 0.2) is 12.1 Å². The maximum Gasteiger partial charge on any atom is 0.129 e. The van der Waals surface area contributed by atoms with Gasteiger partial charge in [-0.3, -0.25) is 0 Å². The predicted octanol–water partition coefficient (Wildman–Crippen LogP) is 1.81. The molecular weight excluding hydrogens is 174 g/mol. The highest BCUT2D eigenvalue weighted by molar-refractivity contribution is 5.32. The number of halogens is 2. The summed E-state index contributed by atoms with van der Waals surface area (Å²) in [6.07, 6.45) is 0.982. The van der Waals surface area contributed by atoms with E-state index in [0.717, 1.165) is 6.07 Å². The second-order valence-corrected chi connectivity index (χ2v) is 3.42. The van der Waals surface area contributed by atoms with E-state index in [2.05, 4.69) is 0 Å². The fourth-order valence-electron chi connectivity index (χ4n) is 1.79. The van der Waals surface area contributed by atoms with Crippen LogP contribution < -0.4 is 0 Å². The standard InChI is InChI=1S/C10H10F2O/c11-7-3-6-4-8(13)1-2-9(6)10(12)5-7/h3,5,8,13H,1-2,4H2/t8-/m0/s1. The van der Waals surface area contributed by atoms with E-state index >= 15 is 0 Å². The summed E-state index contributed by atoms with van der Waals surface area (Å²) in [4.78, 5) is 0. The molecule has 0 radical (unpaired) electrons. The molecule has 0 fully saturated rings. The van der Waals surface area contributed by atoms with Crippen molar-refractivity contribution in [1.29, 1.82) is 0 Å². The molecule has 1 aliphatic rings. The third-order valence-corrected chi connectivity index (χ3v) is 2.44. The lowest BCUT2D eigenvalue weighted by Gasteiger charge is -2.20. The minimum atomic E-state index is -0.564. The van der Waals surface area contributed by atoms with Gasteiger partial charge in [-0.25, -0.2) is 8.78 Å². The second kappa shape index (κ2) is 3.07. The number of hydrogen-bond donors (Lipinski definition) is 1. The van der Waals surface area contributed by atoms with Gasteiger partial charge < -0.3 is 5.11 Å². The molecule has 13 heavy (non-hydrogen) atoms. The molecule has 2 rings (SSSR count). The van der Waals surface area contributed by atoms with E-state index in [1.165, 1.54) is 6.07 Å². The van der Waals surface area contributed by atoms with Gasteiger partial charge in [0.05, 0.1) is 6.10 Å². The van der Waals surface area contributed by atoms with E-state index in [1.807, 2.05) is 0 Å². The second-order valence-electron chi connectivity index (χ2n) is 3.42. The number of aliphatic hydroxyl groups is 1. The average molecular weight is 184 g/mol. The number of rotatable bonds is 0. The van der Waals surface area contributed by atoms with Crippen LogP contribution in [0.25, 0.3) is 0 Å². The molecule has 0 unspecified atom stereocenters. The Balaban J connectivity index is 2.47. The molecule has 1 aliphatic carbocycles. The Labute approximate surface area is 75.0 Å². The Morgan fingerprint density at radius 1 is 1.31 bits per heavy atom. The van der Waals surface area contributed by atoms with E-state index in [9.17, 15) is 13.9 Å². The Morgan fingerprint density at radius 2 is 2.08 bits per heavy atom. The number of fused-ring (bicyclic) bond motifs is 1. The Hall–Kier alpha value is -0.960. The fraction of sp³-hybridized carbons (Fsp3) is 0.400. The smallest absolute Gasteiger partial charge is 0.129 e. The summed E-state index contributed by atoms with van der Waals surface area (Å²) >= 11 is 0. The topological polar surface area (TPSA) is 20.2 Å². The highest BCUT2D eigenvalue weighted by Gasteiger charge is 2.20. The van der Waals surface area contributed by atoms with Gasteiger partial charge in [0.1, 0.15) is 11.6 Å². The maximum absolute atomic E-state index is 13.1. The van der Waals surface area contributed by atoms with E-state index in [-0.39, 0.29) is 0 Å². The van der Waals surface area contributed by atoms with Gasteiger partial charge in [0.2, 0.25) is 0 Å². The average Bonchev–Trinajstić information content (AvgIpc) is 2.02. The van der Waals surface area contributed by atoms with Crippen LogP contribution in [-0.4, -0.2) is 11.2 Å². The van der Waals surface area contributed by atoms with Gasteiger partial charge in [-0.05, 0) is 36.5 Å². The van der Waals surface area contributed by atoms with Gasteiger partial charge in [0.25, 0.3) is 0 Å². The van der Waals surface area contributed by atoms with Gasteiger partial charge in [-0.15, -0.1) is 0 Å². The van der Waals surface area contributed by atoms with Crippen molar-refractivity contribution >= 4 is 0 Å². The van der Waals surface area contributed by atoms with Crippen molar-refractivity contribution < 1.29 is 13.9 Å². The largest absolute Gasteiger partial charge is 0.393 e. The van der Waals surface area contributed by atoms with Crippen molar-refractivity contribution in [3.8, 4) is 0 Å². The molecule has 1 atom stereocenters. The summed E-state index contributed by atoms with van der Waals surface area (Å²) in [6, 6.07) is 2.21. The van der Waals surface area contributed by atoms with Crippen LogP contribution in [0.5, 0.6) is 0 Å². The molecule has 70 valence electrons. The van der Waals surface area contributed by atoms with E-state index in [1.54, 1.807) is 0 Å². The summed E-state index contributed by atoms with van der Waals surface area (Å²) in [6.45, 7) is 0. The van der Waals surface area contributed by atoms with Crippen molar-refractivity contribution in [2.75, 3.05) is 0 Å². The summed E-state index contributed by atoms with van der Waals surface area (Å²) in [5.74, 6) is -1.05. The SMILES string of the molecule is O[C@H]1CCc2c(F)cc(F)cc2C1. The summed E-state index contributed by atoms with van der Waals surface area (Å²) in [5, 5.41) is 9.29. The van der Waals surface area contributed by atoms with Crippen molar-refractivity contribution in [2.45, 2.75) is 25.4 Å². The molecule has 1 aromatic rings.